The smallest absolute Gasteiger partial charge is 0.259 e. The third-order valence-electron chi connectivity index (χ3n) is 3.78. The number of halogens is 2. The minimum Gasteiger partial charge on any atom is -0.259 e. The number of benzene rings is 1. The van der Waals surface area contributed by atoms with Gasteiger partial charge < -0.3 is 0 Å². The number of nitrogens with zero attached hydrogens (tertiary/aromatic N) is 2. The molecule has 1 fully saturated rings. The van der Waals surface area contributed by atoms with Crippen molar-refractivity contribution in [3.8, 4) is 0 Å². The third kappa shape index (κ3) is 3.18. The monoisotopic (exact) mass is 340 g/mol. The van der Waals surface area contributed by atoms with E-state index < -0.39 is 26.6 Å². The van der Waals surface area contributed by atoms with Crippen LogP contribution in [0.5, 0.6) is 0 Å². The van der Waals surface area contributed by atoms with E-state index >= 15 is 0 Å². The van der Waals surface area contributed by atoms with Crippen molar-refractivity contribution in [3.63, 3.8) is 0 Å². The lowest BCUT2D eigenvalue weighted by Crippen LogP contribution is -2.50. The number of pyridine rings is 1. The number of rotatable bonds is 3. The van der Waals surface area contributed by atoms with Crippen LogP contribution in [-0.2, 0) is 10.0 Å². The molecule has 2 aromatic rings. The van der Waals surface area contributed by atoms with E-state index in [1.165, 1.54) is 4.31 Å². The second kappa shape index (κ2) is 6.21. The Morgan fingerprint density at radius 1 is 1.00 bits per heavy atom. The molecule has 1 N–H and O–H groups in total. The summed E-state index contributed by atoms with van der Waals surface area (Å²) in [6, 6.07) is 8.10. The summed E-state index contributed by atoms with van der Waals surface area (Å²) in [4.78, 5) is 4.48. The average Bonchev–Trinajstić information content (AvgIpc) is 2.58. The van der Waals surface area contributed by atoms with Crippen LogP contribution in [0, 0.1) is 11.6 Å². The van der Waals surface area contributed by atoms with Crippen LogP contribution in [0.3, 0.4) is 0 Å². The molecule has 0 amide bonds. The maximum atomic E-state index is 13.8. The molecule has 1 aromatic carbocycles. The fourth-order valence-electron chi connectivity index (χ4n) is 2.56. The Balaban J connectivity index is 1.78. The first-order valence-corrected chi connectivity index (χ1v) is 8.59. The summed E-state index contributed by atoms with van der Waals surface area (Å²) in [5.41, 5.74) is 0. The van der Waals surface area contributed by atoms with Gasteiger partial charge in [-0.05, 0) is 24.3 Å². The fraction of sp³-hybridized carbons (Fsp3) is 0.267. The molecule has 1 saturated heterocycles. The molecule has 122 valence electrons. The highest BCUT2D eigenvalue weighted by molar-refractivity contribution is 7.89. The highest BCUT2D eigenvalue weighted by atomic mass is 32.2. The summed E-state index contributed by atoms with van der Waals surface area (Å²) < 4.78 is 53.2. The maximum Gasteiger partial charge on any atom is 0.274 e. The first-order chi connectivity index (χ1) is 11.0. The second-order valence-corrected chi connectivity index (χ2v) is 7.12. The number of aromatic nitrogens is 1. The van der Waals surface area contributed by atoms with Gasteiger partial charge in [-0.1, -0.05) is 6.07 Å². The maximum absolute atomic E-state index is 13.8. The van der Waals surface area contributed by atoms with Gasteiger partial charge in [0.05, 0.1) is 32.4 Å². The van der Waals surface area contributed by atoms with Crippen molar-refractivity contribution >= 4 is 15.8 Å². The van der Waals surface area contributed by atoms with Gasteiger partial charge in [0.15, 0.2) is 0 Å². The molecule has 1 aliphatic heterocycles. The molecule has 3 rings (SSSR count). The number of hydrogen-bond donors (Lipinski definition) is 0. The van der Waals surface area contributed by atoms with Gasteiger partial charge in [-0.2, -0.15) is 4.31 Å². The topological polar surface area (TPSA) is 54.8 Å². The number of H-pyrrole nitrogens is 1. The molecule has 8 heteroatoms. The Hall–Kier alpha value is -2.06. The number of aromatic amines is 1. The molecule has 23 heavy (non-hydrogen) atoms. The largest absolute Gasteiger partial charge is 0.274 e. The van der Waals surface area contributed by atoms with Gasteiger partial charge >= 0.3 is 0 Å². The lowest BCUT2D eigenvalue weighted by molar-refractivity contribution is -0.364. The number of sulfonamides is 1. The molecule has 0 unspecified atom stereocenters. The van der Waals surface area contributed by atoms with E-state index in [2.05, 4.69) is 4.98 Å². The van der Waals surface area contributed by atoms with E-state index in [4.69, 9.17) is 0 Å². The zero-order valence-corrected chi connectivity index (χ0v) is 13.1. The molecule has 0 radical (unpaired) electrons. The van der Waals surface area contributed by atoms with Gasteiger partial charge in [0.2, 0.25) is 10.0 Å². The molecular formula is C15H16F2N3O2S+. The summed E-state index contributed by atoms with van der Waals surface area (Å²) in [5, 5.41) is 0. The van der Waals surface area contributed by atoms with Gasteiger partial charge in [0.25, 0.3) is 5.82 Å². The van der Waals surface area contributed by atoms with Crippen molar-refractivity contribution in [2.24, 2.45) is 0 Å². The Kier molecular flexibility index (Phi) is 4.27. The minimum absolute atomic E-state index is 0.209. The van der Waals surface area contributed by atoms with E-state index in [9.17, 15) is 17.2 Å². The van der Waals surface area contributed by atoms with Gasteiger partial charge in [-0.3, -0.25) is 4.90 Å². The Morgan fingerprint density at radius 3 is 2.39 bits per heavy atom. The van der Waals surface area contributed by atoms with E-state index in [1.54, 1.807) is 6.20 Å². The zero-order chi connectivity index (χ0) is 16.4. The van der Waals surface area contributed by atoms with E-state index in [0.717, 1.165) is 24.0 Å². The number of nitrogens with one attached hydrogen (secondary N) is 1. The Bertz CT molecular complexity index is 792. The molecule has 0 saturated carbocycles. The quantitative estimate of drug-likeness (QED) is 0.846. The van der Waals surface area contributed by atoms with Crippen LogP contribution in [0.25, 0.3) is 0 Å². The van der Waals surface area contributed by atoms with Crippen LogP contribution in [0.2, 0.25) is 0 Å². The number of hydrogen-bond acceptors (Lipinski definition) is 3. The van der Waals surface area contributed by atoms with Gasteiger partial charge in [-0.15, -0.1) is 0 Å². The van der Waals surface area contributed by atoms with Crippen LogP contribution in [0.4, 0.5) is 14.6 Å². The summed E-state index contributed by atoms with van der Waals surface area (Å²) >= 11 is 0. The normalized spacial score (nSPS) is 16.5. The molecular weight excluding hydrogens is 324 g/mol. The van der Waals surface area contributed by atoms with Crippen LogP contribution in [0.1, 0.15) is 0 Å². The van der Waals surface area contributed by atoms with Gasteiger partial charge in [0, 0.05) is 6.07 Å². The second-order valence-electron chi connectivity index (χ2n) is 5.21. The predicted molar refractivity (Wildman–Crippen MR) is 80.3 cm³/mol. The Labute approximate surface area is 133 Å². The van der Waals surface area contributed by atoms with Crippen molar-refractivity contribution in [3.05, 3.63) is 54.2 Å². The number of anilines is 1. The van der Waals surface area contributed by atoms with Crippen molar-refractivity contribution in [2.75, 3.05) is 31.1 Å². The first kappa shape index (κ1) is 15.8. The van der Waals surface area contributed by atoms with Crippen molar-refractivity contribution in [2.45, 2.75) is 4.90 Å². The van der Waals surface area contributed by atoms with E-state index in [-0.39, 0.29) is 13.1 Å². The molecule has 0 atom stereocenters. The first-order valence-electron chi connectivity index (χ1n) is 7.15. The minimum atomic E-state index is -4.04. The van der Waals surface area contributed by atoms with Gasteiger partial charge in [0.1, 0.15) is 16.5 Å². The lowest BCUT2D eigenvalue weighted by Gasteiger charge is -2.30. The number of piperazine rings is 1. The molecule has 0 bridgehead atoms. The summed E-state index contributed by atoms with van der Waals surface area (Å²) in [6.45, 7) is 1.36. The van der Waals surface area contributed by atoms with Crippen LogP contribution in [-0.4, -0.2) is 38.9 Å². The summed E-state index contributed by atoms with van der Waals surface area (Å²) in [6.07, 6.45) is 1.79. The van der Waals surface area contributed by atoms with Crippen molar-refractivity contribution in [1.82, 2.24) is 4.31 Å². The standard InChI is InChI=1S/C15H15F2N3O2S/c16-12-4-5-13(17)14(11-12)23(21,22)20-9-7-19(8-10-20)15-3-1-2-6-18-15/h1-6,11H,7-10H2/p+1. The van der Waals surface area contributed by atoms with Crippen molar-refractivity contribution in [1.29, 1.82) is 0 Å². The zero-order valence-electron chi connectivity index (χ0n) is 12.2. The lowest BCUT2D eigenvalue weighted by atomic mass is 10.3. The summed E-state index contributed by atoms with van der Waals surface area (Å²) in [7, 11) is -4.04. The SMILES string of the molecule is O=S(=O)(c1cc(F)ccc1F)N1CCN(c2cccc[nH+]2)CC1. The predicted octanol–water partition coefficient (Wildman–Crippen LogP) is 1.29. The molecule has 0 spiro atoms. The third-order valence-corrected chi connectivity index (χ3v) is 5.70. The van der Waals surface area contributed by atoms with Crippen molar-refractivity contribution < 1.29 is 22.2 Å². The molecule has 1 aromatic heterocycles. The van der Waals surface area contributed by atoms with E-state index in [1.807, 2.05) is 23.1 Å². The van der Waals surface area contributed by atoms with Crippen LogP contribution < -0.4 is 9.88 Å². The highest BCUT2D eigenvalue weighted by Gasteiger charge is 2.33. The van der Waals surface area contributed by atoms with E-state index in [0.29, 0.717) is 13.1 Å². The fourth-order valence-corrected chi connectivity index (χ4v) is 4.06. The average molecular weight is 340 g/mol. The molecule has 1 aliphatic rings. The van der Waals surface area contributed by atoms with Crippen LogP contribution in [0.15, 0.2) is 47.5 Å². The molecule has 2 heterocycles. The molecule has 0 aliphatic carbocycles. The molecule has 5 nitrogen and oxygen atoms in total. The Morgan fingerprint density at radius 2 is 1.74 bits per heavy atom. The van der Waals surface area contributed by atoms with Gasteiger partial charge in [-0.25, -0.2) is 22.2 Å². The highest BCUT2D eigenvalue weighted by Crippen LogP contribution is 2.22. The summed E-state index contributed by atoms with van der Waals surface area (Å²) in [5.74, 6) is -0.825. The van der Waals surface area contributed by atoms with Crippen LogP contribution >= 0.6 is 0 Å².